The number of fused-ring (bicyclic) bond motifs is 1. The van der Waals surface area contributed by atoms with Crippen molar-refractivity contribution in [3.63, 3.8) is 0 Å². The first kappa shape index (κ1) is 25.4. The second-order valence-corrected chi connectivity index (χ2v) is 9.58. The van der Waals surface area contributed by atoms with E-state index < -0.39 is 17.5 Å². The van der Waals surface area contributed by atoms with Crippen LogP contribution in [0.5, 0.6) is 11.6 Å². The molecule has 1 fully saturated rings. The number of carbonyl (C=O) groups is 1. The smallest absolute Gasteiger partial charge is 0.262 e. The molecule has 1 saturated heterocycles. The number of rotatable bonds is 6. The molecule has 2 aromatic heterocycles. The van der Waals surface area contributed by atoms with Gasteiger partial charge in [-0.25, -0.2) is 18.7 Å². The maximum Gasteiger partial charge on any atom is 0.262 e. The van der Waals surface area contributed by atoms with E-state index in [9.17, 15) is 9.18 Å². The van der Waals surface area contributed by atoms with E-state index in [4.69, 9.17) is 4.74 Å². The van der Waals surface area contributed by atoms with Crippen LogP contribution < -0.4 is 15.0 Å². The molecule has 0 radical (unpaired) electrons. The zero-order chi connectivity index (χ0) is 27.0. The molecule has 0 unspecified atom stereocenters. The van der Waals surface area contributed by atoms with Crippen molar-refractivity contribution in [1.29, 1.82) is 0 Å². The Morgan fingerprint density at radius 2 is 1.79 bits per heavy atom. The highest BCUT2D eigenvalue weighted by molar-refractivity contribution is 6.01. The highest BCUT2D eigenvalue weighted by Crippen LogP contribution is 2.35. The molecule has 0 bridgehead atoms. The Kier molecular flexibility index (Phi) is 6.85. The summed E-state index contributed by atoms with van der Waals surface area (Å²) in [7, 11) is 5.26. The van der Waals surface area contributed by atoms with Crippen LogP contribution in [-0.4, -0.2) is 78.0 Å². The van der Waals surface area contributed by atoms with Gasteiger partial charge in [0.05, 0.1) is 5.52 Å². The molecule has 0 spiro atoms. The molecule has 0 saturated carbocycles. The van der Waals surface area contributed by atoms with Gasteiger partial charge in [0.2, 0.25) is 5.88 Å². The number of piperazine rings is 1. The van der Waals surface area contributed by atoms with Gasteiger partial charge in [0.25, 0.3) is 5.91 Å². The fourth-order valence-electron chi connectivity index (χ4n) is 4.43. The number of nitrogens with one attached hydrogen (secondary N) is 2. The minimum atomic E-state index is -0.762. The number of hydrogen-bond donors (Lipinski definition) is 2. The quantitative estimate of drug-likeness (QED) is 0.385. The minimum Gasteiger partial charge on any atom is -0.435 e. The summed E-state index contributed by atoms with van der Waals surface area (Å²) in [6.07, 6.45) is 1.20. The molecule has 2 N–H and O–H groups in total. The predicted octanol–water partition coefficient (Wildman–Crippen LogP) is 4.53. The summed E-state index contributed by atoms with van der Waals surface area (Å²) < 4.78 is 35.6. The van der Waals surface area contributed by atoms with Crippen LogP contribution in [-0.2, 0) is 0 Å². The molecule has 1 aliphatic heterocycles. The highest BCUT2D eigenvalue weighted by Gasteiger charge is 2.25. The van der Waals surface area contributed by atoms with Gasteiger partial charge in [0, 0.05) is 68.8 Å². The molecular weight excluding hydrogens is 492 g/mol. The van der Waals surface area contributed by atoms with Crippen molar-refractivity contribution >= 4 is 34.0 Å². The van der Waals surface area contributed by atoms with Crippen LogP contribution >= 0.6 is 0 Å². The largest absolute Gasteiger partial charge is 0.435 e. The molecule has 198 valence electrons. The molecule has 4 aromatic rings. The maximum atomic E-state index is 15.2. The molecule has 1 aliphatic rings. The van der Waals surface area contributed by atoms with Crippen LogP contribution in [0.4, 0.5) is 26.0 Å². The van der Waals surface area contributed by atoms with Crippen molar-refractivity contribution in [2.45, 2.75) is 6.92 Å². The lowest BCUT2D eigenvalue weighted by molar-refractivity contribution is 0.0825. The summed E-state index contributed by atoms with van der Waals surface area (Å²) >= 11 is 0. The van der Waals surface area contributed by atoms with Crippen LogP contribution in [0.2, 0.25) is 0 Å². The van der Waals surface area contributed by atoms with Gasteiger partial charge in [-0.05, 0) is 44.3 Å². The Labute approximate surface area is 219 Å². The number of hydrogen-bond acceptors (Lipinski definition) is 7. The Morgan fingerprint density at radius 1 is 1.08 bits per heavy atom. The van der Waals surface area contributed by atoms with Gasteiger partial charge in [-0.3, -0.25) is 4.79 Å². The third-order valence-corrected chi connectivity index (χ3v) is 6.54. The van der Waals surface area contributed by atoms with E-state index in [1.54, 1.807) is 21.0 Å². The number of aromatic nitrogens is 3. The van der Waals surface area contributed by atoms with Crippen LogP contribution in [0.25, 0.3) is 10.9 Å². The second-order valence-electron chi connectivity index (χ2n) is 9.58. The summed E-state index contributed by atoms with van der Waals surface area (Å²) in [5.74, 6) is -2.31. The zero-order valence-corrected chi connectivity index (χ0v) is 21.7. The van der Waals surface area contributed by atoms with Crippen LogP contribution in [0.15, 0.2) is 42.7 Å². The molecule has 1 amide bonds. The number of likely N-dealkylation sites (N-methyl/N-ethyl adjacent to an activating group) is 1. The zero-order valence-electron chi connectivity index (χ0n) is 21.7. The predicted molar refractivity (Wildman–Crippen MR) is 143 cm³/mol. The first-order valence-corrected chi connectivity index (χ1v) is 12.2. The lowest BCUT2D eigenvalue weighted by Gasteiger charge is -2.34. The molecule has 0 atom stereocenters. The summed E-state index contributed by atoms with van der Waals surface area (Å²) in [5.41, 5.74) is 2.44. The average molecular weight is 522 g/mol. The summed E-state index contributed by atoms with van der Waals surface area (Å²) in [6.45, 7) is 5.60. The van der Waals surface area contributed by atoms with Gasteiger partial charge in [0.1, 0.15) is 11.9 Å². The summed E-state index contributed by atoms with van der Waals surface area (Å²) in [5, 5.41) is 3.20. The first-order valence-electron chi connectivity index (χ1n) is 12.2. The standard InChI is InChI=1S/C27H29F2N7O2/c1-16-13-19-23(29)21(14-20(28)24(19)32-16)38-26-22(27(37)34(2)3)25(30-15-31-26)33-17-5-7-18(8-6-17)36-11-9-35(4)10-12-36/h5-8,13-15,32H,9-12H2,1-4H3,(H,30,31,33). The monoisotopic (exact) mass is 521 g/mol. The Morgan fingerprint density at radius 3 is 2.47 bits per heavy atom. The lowest BCUT2D eigenvalue weighted by Crippen LogP contribution is -2.44. The van der Waals surface area contributed by atoms with Gasteiger partial charge in [0.15, 0.2) is 23.2 Å². The fraction of sp³-hybridized carbons (Fsp3) is 0.296. The van der Waals surface area contributed by atoms with Crippen LogP contribution in [0.1, 0.15) is 16.1 Å². The SMILES string of the molecule is Cc1cc2c(F)c(Oc3ncnc(Nc4ccc(N5CCN(C)CC5)cc4)c3C(=O)N(C)C)cc(F)c2[nH]1. The molecule has 0 aliphatic carbocycles. The second kappa shape index (κ2) is 10.3. The Hall–Kier alpha value is -4.25. The van der Waals surface area contributed by atoms with Crippen molar-refractivity contribution < 1.29 is 18.3 Å². The molecule has 38 heavy (non-hydrogen) atoms. The molecule has 11 heteroatoms. The normalized spacial score (nSPS) is 14.1. The molecular formula is C27H29F2N7O2. The minimum absolute atomic E-state index is 0.00852. The van der Waals surface area contributed by atoms with Crippen molar-refractivity contribution in [2.75, 3.05) is 57.5 Å². The van der Waals surface area contributed by atoms with E-state index in [-0.39, 0.29) is 33.9 Å². The van der Waals surface area contributed by atoms with Gasteiger partial charge < -0.3 is 29.7 Å². The fourth-order valence-corrected chi connectivity index (χ4v) is 4.43. The number of amides is 1. The number of nitrogens with zero attached hydrogens (tertiary/aromatic N) is 5. The number of anilines is 3. The van der Waals surface area contributed by atoms with Crippen molar-refractivity contribution in [2.24, 2.45) is 0 Å². The number of halogens is 2. The van der Waals surface area contributed by atoms with Gasteiger partial charge in [-0.1, -0.05) is 0 Å². The van der Waals surface area contributed by atoms with E-state index in [1.807, 2.05) is 24.3 Å². The third-order valence-electron chi connectivity index (χ3n) is 6.54. The number of H-pyrrole nitrogens is 1. The number of aromatic amines is 1. The third kappa shape index (κ3) is 4.97. The molecule has 5 rings (SSSR count). The van der Waals surface area contributed by atoms with Gasteiger partial charge >= 0.3 is 0 Å². The summed E-state index contributed by atoms with van der Waals surface area (Å²) in [4.78, 5) is 30.2. The first-order chi connectivity index (χ1) is 18.2. The molecule has 2 aromatic carbocycles. The lowest BCUT2D eigenvalue weighted by atomic mass is 10.2. The number of ether oxygens (including phenoxy) is 1. The van der Waals surface area contributed by atoms with Gasteiger partial charge in [-0.15, -0.1) is 0 Å². The summed E-state index contributed by atoms with van der Waals surface area (Å²) in [6, 6.07) is 10.2. The van der Waals surface area contributed by atoms with E-state index >= 15 is 4.39 Å². The molecule has 3 heterocycles. The topological polar surface area (TPSA) is 89.6 Å². The Balaban J connectivity index is 1.46. The van der Waals surface area contributed by atoms with Gasteiger partial charge in [-0.2, -0.15) is 0 Å². The van der Waals surface area contributed by atoms with Crippen LogP contribution in [0.3, 0.4) is 0 Å². The number of carbonyl (C=O) groups excluding carboxylic acids is 1. The highest BCUT2D eigenvalue weighted by atomic mass is 19.1. The van der Waals surface area contributed by atoms with Crippen molar-refractivity contribution in [3.8, 4) is 11.6 Å². The maximum absolute atomic E-state index is 15.2. The van der Waals surface area contributed by atoms with Crippen molar-refractivity contribution in [1.82, 2.24) is 24.8 Å². The van der Waals surface area contributed by atoms with E-state index in [1.165, 1.54) is 17.3 Å². The number of benzene rings is 2. The van der Waals surface area contributed by atoms with Crippen molar-refractivity contribution in [3.05, 3.63) is 65.6 Å². The van der Waals surface area contributed by atoms with E-state index in [0.29, 0.717) is 11.4 Å². The van der Waals surface area contributed by atoms with Crippen LogP contribution in [0, 0.1) is 18.6 Å². The Bertz CT molecular complexity index is 1480. The van der Waals surface area contributed by atoms with E-state index in [2.05, 4.69) is 37.1 Å². The van der Waals surface area contributed by atoms with E-state index in [0.717, 1.165) is 37.9 Å². The number of aryl methyl sites for hydroxylation is 1. The molecule has 9 nitrogen and oxygen atoms in total. The average Bonchev–Trinajstić information content (AvgIpc) is 3.30.